The molecule has 2 aliphatic heterocycles. The van der Waals surface area contributed by atoms with Crippen LogP contribution in [-0.2, 0) is 9.59 Å². The second-order valence-electron chi connectivity index (χ2n) is 6.41. The summed E-state index contributed by atoms with van der Waals surface area (Å²) in [6, 6.07) is 7.45. The quantitative estimate of drug-likeness (QED) is 0.838. The van der Waals surface area contributed by atoms with Crippen molar-refractivity contribution in [2.24, 2.45) is 5.92 Å². The molecule has 0 bridgehead atoms. The van der Waals surface area contributed by atoms with Gasteiger partial charge in [-0.15, -0.1) is 0 Å². The lowest BCUT2D eigenvalue weighted by atomic mass is 10.0. The Morgan fingerprint density at radius 1 is 1.29 bits per heavy atom. The highest BCUT2D eigenvalue weighted by Crippen LogP contribution is 2.28. The van der Waals surface area contributed by atoms with Gasteiger partial charge in [0.05, 0.1) is 10.9 Å². The highest BCUT2D eigenvalue weighted by Gasteiger charge is 2.36. The Hall–Kier alpha value is -1.75. The normalized spacial score (nSPS) is 22.1. The molecule has 1 unspecified atom stereocenters. The summed E-state index contributed by atoms with van der Waals surface area (Å²) in [7, 11) is 0. The van der Waals surface area contributed by atoms with E-state index in [0.717, 1.165) is 12.8 Å². The van der Waals surface area contributed by atoms with Crippen LogP contribution >= 0.6 is 11.6 Å². The van der Waals surface area contributed by atoms with Crippen molar-refractivity contribution in [3.63, 3.8) is 0 Å². The number of carbonyl (C=O) groups is 2. The summed E-state index contributed by atoms with van der Waals surface area (Å²) in [5.74, 6) is 0.714. The molecule has 24 heavy (non-hydrogen) atoms. The minimum Gasteiger partial charge on any atom is -0.489 e. The number of hydrogen-bond donors (Lipinski definition) is 0. The van der Waals surface area contributed by atoms with Crippen LogP contribution in [0.2, 0.25) is 5.02 Å². The summed E-state index contributed by atoms with van der Waals surface area (Å²) in [4.78, 5) is 28.1. The minimum absolute atomic E-state index is 0.0753. The van der Waals surface area contributed by atoms with Crippen LogP contribution in [0.1, 0.15) is 26.2 Å². The van der Waals surface area contributed by atoms with Gasteiger partial charge in [0.1, 0.15) is 11.9 Å². The topological polar surface area (TPSA) is 49.9 Å². The first-order valence-electron chi connectivity index (χ1n) is 8.56. The molecule has 2 saturated heterocycles. The Balaban J connectivity index is 1.51. The van der Waals surface area contributed by atoms with Crippen molar-refractivity contribution in [1.82, 2.24) is 9.80 Å². The van der Waals surface area contributed by atoms with Gasteiger partial charge in [-0.2, -0.15) is 0 Å². The number of carbonyl (C=O) groups excluding carboxylic acids is 2. The minimum atomic E-state index is -0.182. The monoisotopic (exact) mass is 350 g/mol. The molecule has 2 aliphatic rings. The van der Waals surface area contributed by atoms with Gasteiger partial charge >= 0.3 is 0 Å². The third kappa shape index (κ3) is 3.66. The molecule has 2 heterocycles. The van der Waals surface area contributed by atoms with Gasteiger partial charge in [-0.1, -0.05) is 23.7 Å². The van der Waals surface area contributed by atoms with Crippen molar-refractivity contribution < 1.29 is 14.3 Å². The van der Waals surface area contributed by atoms with Gasteiger partial charge in [0.25, 0.3) is 0 Å². The smallest absolute Gasteiger partial charge is 0.227 e. The first kappa shape index (κ1) is 17.1. The van der Waals surface area contributed by atoms with Crippen LogP contribution in [0.4, 0.5) is 0 Å². The molecule has 5 nitrogen and oxygen atoms in total. The van der Waals surface area contributed by atoms with Crippen molar-refractivity contribution in [2.75, 3.05) is 26.2 Å². The number of piperidine rings is 1. The van der Waals surface area contributed by atoms with E-state index in [9.17, 15) is 9.59 Å². The maximum Gasteiger partial charge on any atom is 0.227 e. The number of likely N-dealkylation sites (tertiary alicyclic amines) is 2. The summed E-state index contributed by atoms with van der Waals surface area (Å²) in [5.41, 5.74) is 0. The number of halogens is 1. The molecular formula is C18H23ClN2O3. The zero-order valence-electron chi connectivity index (χ0n) is 13.9. The van der Waals surface area contributed by atoms with E-state index in [4.69, 9.17) is 16.3 Å². The summed E-state index contributed by atoms with van der Waals surface area (Å²) in [6.07, 6.45) is 2.00. The van der Waals surface area contributed by atoms with Crippen LogP contribution in [0.25, 0.3) is 0 Å². The van der Waals surface area contributed by atoms with E-state index in [-0.39, 0.29) is 23.8 Å². The Kier molecular flexibility index (Phi) is 5.29. The number of para-hydroxylation sites is 1. The van der Waals surface area contributed by atoms with E-state index >= 15 is 0 Å². The number of amides is 2. The zero-order valence-corrected chi connectivity index (χ0v) is 14.7. The van der Waals surface area contributed by atoms with Crippen molar-refractivity contribution in [3.8, 4) is 5.75 Å². The van der Waals surface area contributed by atoms with E-state index < -0.39 is 0 Å². The molecule has 0 aliphatic carbocycles. The first-order valence-corrected chi connectivity index (χ1v) is 8.94. The molecule has 2 fully saturated rings. The van der Waals surface area contributed by atoms with Gasteiger partial charge < -0.3 is 14.5 Å². The van der Waals surface area contributed by atoms with Crippen LogP contribution in [0, 0.1) is 5.92 Å². The van der Waals surface area contributed by atoms with E-state index in [1.54, 1.807) is 4.90 Å². The second-order valence-corrected chi connectivity index (χ2v) is 6.81. The van der Waals surface area contributed by atoms with Gasteiger partial charge in [-0.3, -0.25) is 9.59 Å². The second kappa shape index (κ2) is 7.43. The number of rotatable bonds is 4. The number of nitrogens with zero attached hydrogens (tertiary/aromatic N) is 2. The molecule has 6 heteroatoms. The lowest BCUT2D eigenvalue weighted by Crippen LogP contribution is -2.44. The maximum atomic E-state index is 12.6. The fourth-order valence-electron chi connectivity index (χ4n) is 3.42. The highest BCUT2D eigenvalue weighted by atomic mass is 35.5. The molecule has 0 aromatic heterocycles. The Labute approximate surface area is 147 Å². The largest absolute Gasteiger partial charge is 0.489 e. The van der Waals surface area contributed by atoms with Gasteiger partial charge in [-0.25, -0.2) is 0 Å². The van der Waals surface area contributed by atoms with Crippen molar-refractivity contribution in [3.05, 3.63) is 29.3 Å². The van der Waals surface area contributed by atoms with Gasteiger partial charge in [0.2, 0.25) is 11.8 Å². The molecule has 1 aromatic carbocycles. The number of hydrogen-bond acceptors (Lipinski definition) is 3. The lowest BCUT2D eigenvalue weighted by Gasteiger charge is -2.33. The maximum absolute atomic E-state index is 12.6. The Morgan fingerprint density at radius 2 is 2.00 bits per heavy atom. The molecule has 130 valence electrons. The summed E-state index contributed by atoms with van der Waals surface area (Å²) in [5, 5.41) is 0.611. The molecule has 2 amide bonds. The third-order valence-electron chi connectivity index (χ3n) is 4.83. The molecule has 3 rings (SSSR count). The van der Waals surface area contributed by atoms with Crippen LogP contribution < -0.4 is 4.74 Å². The van der Waals surface area contributed by atoms with Gasteiger partial charge in [0, 0.05) is 45.4 Å². The van der Waals surface area contributed by atoms with Crippen molar-refractivity contribution in [2.45, 2.75) is 32.3 Å². The average Bonchev–Trinajstić information content (AvgIpc) is 2.98. The van der Waals surface area contributed by atoms with E-state index in [2.05, 4.69) is 0 Å². The van der Waals surface area contributed by atoms with E-state index in [1.807, 2.05) is 36.1 Å². The third-order valence-corrected chi connectivity index (χ3v) is 5.14. The molecule has 0 spiro atoms. The molecule has 0 radical (unpaired) electrons. The summed E-state index contributed by atoms with van der Waals surface area (Å²) >= 11 is 6.12. The SMILES string of the molecule is CCN1CC(C(=O)N2CCC(Oc3ccccc3Cl)CC2)CC1=O. The molecule has 1 atom stereocenters. The Morgan fingerprint density at radius 3 is 2.62 bits per heavy atom. The van der Waals surface area contributed by atoms with Crippen LogP contribution in [0.5, 0.6) is 5.75 Å². The van der Waals surface area contributed by atoms with Crippen LogP contribution in [-0.4, -0.2) is 53.9 Å². The predicted octanol–water partition coefficient (Wildman–Crippen LogP) is 2.58. The van der Waals surface area contributed by atoms with Crippen molar-refractivity contribution >= 4 is 23.4 Å². The summed E-state index contributed by atoms with van der Waals surface area (Å²) < 4.78 is 5.96. The number of benzene rings is 1. The van der Waals surface area contributed by atoms with Gasteiger partial charge in [-0.05, 0) is 19.1 Å². The predicted molar refractivity (Wildman–Crippen MR) is 92.0 cm³/mol. The van der Waals surface area contributed by atoms with Crippen molar-refractivity contribution in [1.29, 1.82) is 0 Å². The average molecular weight is 351 g/mol. The lowest BCUT2D eigenvalue weighted by molar-refractivity contribution is -0.137. The van der Waals surface area contributed by atoms with E-state index in [1.165, 1.54) is 0 Å². The molecule has 0 N–H and O–H groups in total. The molecule has 0 saturated carbocycles. The molecular weight excluding hydrogens is 328 g/mol. The van der Waals surface area contributed by atoms with Gasteiger partial charge in [0.15, 0.2) is 0 Å². The van der Waals surface area contributed by atoms with E-state index in [0.29, 0.717) is 43.4 Å². The molecule has 1 aromatic rings. The Bertz CT molecular complexity index is 614. The zero-order chi connectivity index (χ0) is 17.1. The number of ether oxygens (including phenoxy) is 1. The fraction of sp³-hybridized carbons (Fsp3) is 0.556. The standard InChI is InChI=1S/C18H23ClN2O3/c1-2-20-12-13(11-17(20)22)18(23)21-9-7-14(8-10-21)24-16-6-4-3-5-15(16)19/h3-6,13-14H,2,7-12H2,1H3. The fourth-order valence-corrected chi connectivity index (χ4v) is 3.60. The van der Waals surface area contributed by atoms with Crippen LogP contribution in [0.15, 0.2) is 24.3 Å². The van der Waals surface area contributed by atoms with Crippen LogP contribution in [0.3, 0.4) is 0 Å². The first-order chi connectivity index (χ1) is 11.6. The highest BCUT2D eigenvalue weighted by molar-refractivity contribution is 6.32. The summed E-state index contributed by atoms with van der Waals surface area (Å²) in [6.45, 7) is 4.53.